The highest BCUT2D eigenvalue weighted by Crippen LogP contribution is 2.23. The summed E-state index contributed by atoms with van der Waals surface area (Å²) in [5.74, 6) is -1.44. The lowest BCUT2D eigenvalue weighted by Crippen LogP contribution is -2.49. The first-order chi connectivity index (χ1) is 20.4. The zero-order valence-electron chi connectivity index (χ0n) is 24.5. The summed E-state index contributed by atoms with van der Waals surface area (Å²) in [5.41, 5.74) is 1.84. The maximum atomic E-state index is 13.0. The van der Waals surface area contributed by atoms with Crippen LogP contribution < -0.4 is 15.4 Å². The quantitative estimate of drug-likeness (QED) is 0.171. The van der Waals surface area contributed by atoms with Gasteiger partial charge in [-0.15, -0.1) is 6.58 Å². The van der Waals surface area contributed by atoms with Crippen LogP contribution in [0.25, 0.3) is 0 Å². The van der Waals surface area contributed by atoms with Gasteiger partial charge in [-0.05, 0) is 56.9 Å². The molecule has 3 atom stereocenters. The number of carboxylic acids is 1. The monoisotopic (exact) mass is 617 g/mol. The second kappa shape index (κ2) is 15.5. The molecule has 1 aliphatic heterocycles. The van der Waals surface area contributed by atoms with Gasteiger partial charge in [0.25, 0.3) is 0 Å². The Morgan fingerprint density at radius 1 is 1.21 bits per heavy atom. The number of sulfonamides is 1. The summed E-state index contributed by atoms with van der Waals surface area (Å²) in [6, 6.07) is 6.91. The topological polar surface area (TPSA) is 176 Å². The van der Waals surface area contributed by atoms with Crippen LogP contribution in [0.4, 0.5) is 10.6 Å². The third-order valence-corrected chi connectivity index (χ3v) is 8.54. The Kier molecular flexibility index (Phi) is 12.0. The van der Waals surface area contributed by atoms with Gasteiger partial charge >= 0.3 is 12.1 Å². The number of anilines is 1. The van der Waals surface area contributed by atoms with E-state index in [4.69, 9.17) is 9.47 Å². The molecule has 43 heavy (non-hydrogen) atoms. The summed E-state index contributed by atoms with van der Waals surface area (Å²) in [4.78, 5) is 42.9. The van der Waals surface area contributed by atoms with Crippen LogP contribution in [0, 0.1) is 20.8 Å². The molecule has 0 radical (unpaired) electrons. The molecule has 0 bridgehead atoms. The largest absolute Gasteiger partial charge is 0.480 e. The minimum Gasteiger partial charge on any atom is -0.480 e. The average molecular weight is 618 g/mol. The molecule has 1 saturated heterocycles. The Hall–Kier alpha value is -4.01. The van der Waals surface area contributed by atoms with E-state index in [2.05, 4.69) is 26.9 Å². The Bertz CT molecular complexity index is 1380. The second-order valence-electron chi connectivity index (χ2n) is 10.3. The summed E-state index contributed by atoms with van der Waals surface area (Å²) in [7, 11) is -4.19. The maximum absolute atomic E-state index is 13.0. The number of amides is 2. The van der Waals surface area contributed by atoms with Crippen molar-refractivity contribution in [2.24, 2.45) is 0 Å². The van der Waals surface area contributed by atoms with Crippen LogP contribution in [0.2, 0.25) is 0 Å². The van der Waals surface area contributed by atoms with E-state index in [1.165, 1.54) is 4.90 Å². The lowest BCUT2D eigenvalue weighted by Gasteiger charge is -2.24. The van der Waals surface area contributed by atoms with Crippen LogP contribution in [-0.4, -0.2) is 92.4 Å². The van der Waals surface area contributed by atoms with Gasteiger partial charge in [0.2, 0.25) is 15.9 Å². The number of benzene rings is 1. The predicted molar refractivity (Wildman–Crippen MR) is 159 cm³/mol. The summed E-state index contributed by atoms with van der Waals surface area (Å²) in [6.45, 7) is 8.54. The van der Waals surface area contributed by atoms with Crippen LogP contribution in [0.5, 0.6) is 0 Å². The molecule has 1 aliphatic rings. The molecular weight excluding hydrogens is 578 g/mol. The van der Waals surface area contributed by atoms with Gasteiger partial charge in [0, 0.05) is 19.3 Å². The predicted octanol–water partition coefficient (Wildman–Crippen LogP) is 2.14. The van der Waals surface area contributed by atoms with Crippen molar-refractivity contribution in [2.75, 3.05) is 38.2 Å². The van der Waals surface area contributed by atoms with Crippen molar-refractivity contribution in [2.45, 2.75) is 56.7 Å². The van der Waals surface area contributed by atoms with Crippen LogP contribution in [0.3, 0.4) is 0 Å². The molecule has 2 heterocycles. The SMILES string of the molecule is C=CCCOC(=O)N1CC(OCC(=O)NCC(NS(=O)(=O)c2c(C)cc(C)cc2C)C(=O)O)CC1CNc1ccccn1. The van der Waals surface area contributed by atoms with E-state index >= 15 is 0 Å². The number of likely N-dealkylation sites (tertiary alicyclic amines) is 1. The molecule has 0 spiro atoms. The first-order valence-electron chi connectivity index (χ1n) is 13.8. The highest BCUT2D eigenvalue weighted by Gasteiger charge is 2.37. The molecule has 3 unspecified atom stereocenters. The van der Waals surface area contributed by atoms with Crippen molar-refractivity contribution in [3.63, 3.8) is 0 Å². The smallest absolute Gasteiger partial charge is 0.410 e. The summed E-state index contributed by atoms with van der Waals surface area (Å²) in [6.07, 6.45) is 3.21. The minimum absolute atomic E-state index is 0.0000870. The third-order valence-electron chi connectivity index (χ3n) is 6.76. The van der Waals surface area contributed by atoms with Gasteiger partial charge in [-0.25, -0.2) is 18.2 Å². The number of rotatable bonds is 15. The van der Waals surface area contributed by atoms with Crippen LogP contribution in [-0.2, 0) is 29.1 Å². The van der Waals surface area contributed by atoms with E-state index in [0.29, 0.717) is 36.3 Å². The Morgan fingerprint density at radius 3 is 2.56 bits per heavy atom. The van der Waals surface area contributed by atoms with E-state index in [1.807, 2.05) is 13.0 Å². The molecule has 1 aromatic heterocycles. The third kappa shape index (κ3) is 9.76. The van der Waals surface area contributed by atoms with Crippen molar-refractivity contribution in [3.8, 4) is 0 Å². The maximum Gasteiger partial charge on any atom is 0.410 e. The van der Waals surface area contributed by atoms with Crippen LogP contribution >= 0.6 is 0 Å². The number of nitrogens with one attached hydrogen (secondary N) is 3. The molecule has 3 rings (SSSR count). The van der Waals surface area contributed by atoms with Crippen molar-refractivity contribution >= 4 is 33.8 Å². The fraction of sp³-hybridized carbons (Fsp3) is 0.448. The lowest BCUT2D eigenvalue weighted by molar-refractivity contribution is -0.139. The molecule has 0 aliphatic carbocycles. The molecular formula is C29H39N5O8S. The molecule has 234 valence electrons. The summed E-state index contributed by atoms with van der Waals surface area (Å²) in [5, 5.41) is 15.2. The summed E-state index contributed by atoms with van der Waals surface area (Å²) < 4.78 is 39.3. The number of aryl methyl sites for hydroxylation is 3. The number of nitrogens with zero attached hydrogens (tertiary/aromatic N) is 2. The number of carbonyl (C=O) groups excluding carboxylic acids is 2. The van der Waals surface area contributed by atoms with Crippen molar-refractivity contribution in [3.05, 3.63) is 65.9 Å². The number of aliphatic carboxylic acids is 1. The zero-order chi connectivity index (χ0) is 31.6. The average Bonchev–Trinajstić information content (AvgIpc) is 3.36. The van der Waals surface area contributed by atoms with Crippen LogP contribution in [0.1, 0.15) is 29.5 Å². The first kappa shape index (κ1) is 33.5. The van der Waals surface area contributed by atoms with E-state index in [1.54, 1.807) is 50.4 Å². The second-order valence-corrected chi connectivity index (χ2v) is 12.0. The Balaban J connectivity index is 1.56. The Labute approximate surface area is 251 Å². The van der Waals surface area contributed by atoms with Gasteiger partial charge in [-0.1, -0.05) is 29.8 Å². The van der Waals surface area contributed by atoms with Gasteiger partial charge in [0.15, 0.2) is 0 Å². The van der Waals surface area contributed by atoms with Gasteiger partial charge in [-0.2, -0.15) is 4.72 Å². The number of hydrogen-bond acceptors (Lipinski definition) is 9. The Morgan fingerprint density at radius 2 is 1.93 bits per heavy atom. The first-order valence-corrected chi connectivity index (χ1v) is 15.3. The molecule has 1 aromatic carbocycles. The number of ether oxygens (including phenoxy) is 2. The standard InChI is InChI=1S/C29H39N5O8S/c1-5-6-11-41-29(38)34-17-23(14-22(34)15-31-25-9-7-8-10-30-25)42-18-26(35)32-16-24(28(36)37)33-43(39,40)27-20(3)12-19(2)13-21(27)4/h5,7-10,12-13,22-24,33H,1,6,11,14-18H2,2-4H3,(H,30,31)(H,32,35)(H,36,37). The fourth-order valence-electron chi connectivity index (χ4n) is 4.89. The normalized spacial score (nSPS) is 17.2. The van der Waals surface area contributed by atoms with E-state index in [9.17, 15) is 27.9 Å². The number of carboxylic acid groups (broad SMARTS) is 1. The highest BCUT2D eigenvalue weighted by molar-refractivity contribution is 7.89. The van der Waals surface area contributed by atoms with Crippen molar-refractivity contribution in [1.82, 2.24) is 19.9 Å². The molecule has 13 nitrogen and oxygen atoms in total. The fourth-order valence-corrected chi connectivity index (χ4v) is 6.53. The molecule has 2 aromatic rings. The van der Waals surface area contributed by atoms with Gasteiger partial charge in [0.1, 0.15) is 18.5 Å². The van der Waals surface area contributed by atoms with Crippen molar-refractivity contribution in [1.29, 1.82) is 0 Å². The van der Waals surface area contributed by atoms with E-state index in [0.717, 1.165) is 5.56 Å². The lowest BCUT2D eigenvalue weighted by atomic mass is 10.1. The highest BCUT2D eigenvalue weighted by atomic mass is 32.2. The number of pyridine rings is 1. The molecule has 4 N–H and O–H groups in total. The van der Waals surface area contributed by atoms with Gasteiger partial charge in [0.05, 0.1) is 30.2 Å². The van der Waals surface area contributed by atoms with Gasteiger partial charge in [-0.3, -0.25) is 9.59 Å². The number of aromatic nitrogens is 1. The molecule has 14 heteroatoms. The molecule has 2 amide bonds. The number of hydrogen-bond donors (Lipinski definition) is 4. The minimum atomic E-state index is -4.19. The summed E-state index contributed by atoms with van der Waals surface area (Å²) >= 11 is 0. The van der Waals surface area contributed by atoms with E-state index < -0.39 is 53.3 Å². The van der Waals surface area contributed by atoms with Crippen molar-refractivity contribution < 1.29 is 37.4 Å². The number of carbonyl (C=O) groups is 3. The van der Waals surface area contributed by atoms with Crippen LogP contribution in [0.15, 0.2) is 54.1 Å². The molecule has 1 fully saturated rings. The van der Waals surface area contributed by atoms with E-state index in [-0.39, 0.29) is 24.1 Å². The zero-order valence-corrected chi connectivity index (χ0v) is 25.4. The molecule has 0 saturated carbocycles. The van der Waals surface area contributed by atoms with Gasteiger partial charge < -0.3 is 30.1 Å².